The minimum Gasteiger partial charge on any atom is -0.469 e. The Morgan fingerprint density at radius 2 is 2.45 bits per heavy atom. The van der Waals surface area contributed by atoms with Gasteiger partial charge >= 0.3 is 0 Å². The number of rotatable bonds is 3. The van der Waals surface area contributed by atoms with E-state index in [4.69, 9.17) is 4.42 Å². The lowest BCUT2D eigenvalue weighted by atomic mass is 10.1. The molecule has 1 atom stereocenters. The molecule has 60 valence electrons. The first kappa shape index (κ1) is 8.08. The van der Waals surface area contributed by atoms with Gasteiger partial charge in [0.15, 0.2) is 0 Å². The van der Waals surface area contributed by atoms with E-state index in [9.17, 15) is 0 Å². The lowest BCUT2D eigenvalue weighted by molar-refractivity contribution is 0.528. The van der Waals surface area contributed by atoms with Gasteiger partial charge in [0.25, 0.3) is 0 Å². The van der Waals surface area contributed by atoms with Gasteiger partial charge in [-0.1, -0.05) is 6.08 Å². The van der Waals surface area contributed by atoms with E-state index >= 15 is 0 Å². The predicted molar refractivity (Wildman–Crippen MR) is 45.4 cm³/mol. The van der Waals surface area contributed by atoms with Gasteiger partial charge in [0.05, 0.1) is 12.3 Å². The molecule has 0 aliphatic rings. The summed E-state index contributed by atoms with van der Waals surface area (Å²) in [6, 6.07) is 2.20. The Morgan fingerprint density at radius 3 is 2.82 bits per heavy atom. The SMILES string of the molecule is C=CC(NC)c1coc(C)c1. The van der Waals surface area contributed by atoms with Crippen LogP contribution in [-0.2, 0) is 0 Å². The fourth-order valence-electron chi connectivity index (χ4n) is 1.05. The van der Waals surface area contributed by atoms with Crippen LogP contribution in [0.4, 0.5) is 0 Å². The fourth-order valence-corrected chi connectivity index (χ4v) is 1.05. The first-order valence-electron chi connectivity index (χ1n) is 3.62. The minimum atomic E-state index is 0.201. The second-order valence-electron chi connectivity index (χ2n) is 2.49. The molecular weight excluding hydrogens is 138 g/mol. The average Bonchev–Trinajstić information content (AvgIpc) is 2.39. The van der Waals surface area contributed by atoms with Crippen molar-refractivity contribution in [2.24, 2.45) is 0 Å². The summed E-state index contributed by atoms with van der Waals surface area (Å²) >= 11 is 0. The Hall–Kier alpha value is -1.02. The zero-order valence-electron chi connectivity index (χ0n) is 6.92. The number of aryl methyl sites for hydroxylation is 1. The first-order valence-corrected chi connectivity index (χ1v) is 3.62. The molecule has 0 bridgehead atoms. The van der Waals surface area contributed by atoms with Crippen molar-refractivity contribution >= 4 is 0 Å². The standard InChI is InChI=1S/C9H13NO/c1-4-9(10-3)8-5-7(2)11-6-8/h4-6,9-10H,1H2,2-3H3. The largest absolute Gasteiger partial charge is 0.469 e. The van der Waals surface area contributed by atoms with E-state index in [0.717, 1.165) is 11.3 Å². The molecule has 0 aliphatic heterocycles. The number of furan rings is 1. The van der Waals surface area contributed by atoms with E-state index in [0.29, 0.717) is 0 Å². The highest BCUT2D eigenvalue weighted by atomic mass is 16.3. The second kappa shape index (κ2) is 3.39. The first-order chi connectivity index (χ1) is 5.27. The number of likely N-dealkylation sites (N-methyl/N-ethyl adjacent to an activating group) is 1. The smallest absolute Gasteiger partial charge is 0.101 e. The van der Waals surface area contributed by atoms with Crippen molar-refractivity contribution in [3.8, 4) is 0 Å². The molecule has 11 heavy (non-hydrogen) atoms. The van der Waals surface area contributed by atoms with Crippen LogP contribution in [0.1, 0.15) is 17.4 Å². The molecule has 0 aliphatic carbocycles. The number of hydrogen-bond donors (Lipinski definition) is 1. The van der Waals surface area contributed by atoms with Crippen LogP contribution in [0.25, 0.3) is 0 Å². The van der Waals surface area contributed by atoms with Gasteiger partial charge in [-0.3, -0.25) is 0 Å². The van der Waals surface area contributed by atoms with Crippen LogP contribution in [0.2, 0.25) is 0 Å². The highest BCUT2D eigenvalue weighted by molar-refractivity contribution is 5.19. The Labute approximate surface area is 66.9 Å². The van der Waals surface area contributed by atoms with Crippen molar-refractivity contribution in [2.45, 2.75) is 13.0 Å². The van der Waals surface area contributed by atoms with Crippen LogP contribution in [-0.4, -0.2) is 7.05 Å². The molecule has 1 heterocycles. The number of hydrogen-bond acceptors (Lipinski definition) is 2. The molecule has 2 nitrogen and oxygen atoms in total. The van der Waals surface area contributed by atoms with Crippen LogP contribution in [0.5, 0.6) is 0 Å². The van der Waals surface area contributed by atoms with Gasteiger partial charge in [0.2, 0.25) is 0 Å². The van der Waals surface area contributed by atoms with E-state index in [1.54, 1.807) is 6.26 Å². The lowest BCUT2D eigenvalue weighted by Gasteiger charge is -2.06. The van der Waals surface area contributed by atoms with Gasteiger partial charge in [-0.2, -0.15) is 0 Å². The molecule has 0 saturated carbocycles. The van der Waals surface area contributed by atoms with Crippen molar-refractivity contribution in [2.75, 3.05) is 7.05 Å². The van der Waals surface area contributed by atoms with E-state index in [-0.39, 0.29) is 6.04 Å². The molecule has 0 spiro atoms. The van der Waals surface area contributed by atoms with Gasteiger partial charge in [0.1, 0.15) is 5.76 Å². The summed E-state index contributed by atoms with van der Waals surface area (Å²) in [6.45, 7) is 5.64. The molecule has 1 aromatic rings. The van der Waals surface area contributed by atoms with Crippen molar-refractivity contribution in [1.29, 1.82) is 0 Å². The molecule has 2 heteroatoms. The highest BCUT2D eigenvalue weighted by Crippen LogP contribution is 2.15. The maximum atomic E-state index is 5.16. The average molecular weight is 151 g/mol. The number of nitrogens with one attached hydrogen (secondary N) is 1. The second-order valence-corrected chi connectivity index (χ2v) is 2.49. The molecule has 0 radical (unpaired) electrons. The Morgan fingerprint density at radius 1 is 1.73 bits per heavy atom. The molecule has 1 aromatic heterocycles. The molecule has 1 unspecified atom stereocenters. The minimum absolute atomic E-state index is 0.201. The Balaban J connectivity index is 2.81. The highest BCUT2D eigenvalue weighted by Gasteiger charge is 2.05. The molecule has 0 saturated heterocycles. The molecule has 0 fully saturated rings. The maximum Gasteiger partial charge on any atom is 0.101 e. The fraction of sp³-hybridized carbons (Fsp3) is 0.333. The Kier molecular flexibility index (Phi) is 2.49. The lowest BCUT2D eigenvalue weighted by Crippen LogP contribution is -2.12. The van der Waals surface area contributed by atoms with Gasteiger partial charge in [-0.15, -0.1) is 6.58 Å². The van der Waals surface area contributed by atoms with E-state index in [1.165, 1.54) is 0 Å². The summed E-state index contributed by atoms with van der Waals surface area (Å²) in [5.74, 6) is 0.933. The monoisotopic (exact) mass is 151 g/mol. The summed E-state index contributed by atoms with van der Waals surface area (Å²) in [5, 5.41) is 3.10. The summed E-state index contributed by atoms with van der Waals surface area (Å²) < 4.78 is 5.16. The quantitative estimate of drug-likeness (QED) is 0.669. The van der Waals surface area contributed by atoms with E-state index in [2.05, 4.69) is 11.9 Å². The normalized spacial score (nSPS) is 12.9. The zero-order chi connectivity index (χ0) is 8.27. The van der Waals surface area contributed by atoms with Gasteiger partial charge < -0.3 is 9.73 Å². The molecular formula is C9H13NO. The topological polar surface area (TPSA) is 25.2 Å². The van der Waals surface area contributed by atoms with Gasteiger partial charge in [-0.05, 0) is 20.0 Å². The molecule has 0 amide bonds. The van der Waals surface area contributed by atoms with Crippen LogP contribution in [0.3, 0.4) is 0 Å². The van der Waals surface area contributed by atoms with Crippen molar-refractivity contribution < 1.29 is 4.42 Å². The maximum absolute atomic E-state index is 5.16. The third-order valence-electron chi connectivity index (χ3n) is 1.66. The molecule has 0 aromatic carbocycles. The Bertz CT molecular complexity index is 239. The van der Waals surface area contributed by atoms with Crippen molar-refractivity contribution in [3.05, 3.63) is 36.3 Å². The zero-order valence-corrected chi connectivity index (χ0v) is 6.92. The molecule has 1 N–H and O–H groups in total. The van der Waals surface area contributed by atoms with Crippen LogP contribution in [0.15, 0.2) is 29.4 Å². The van der Waals surface area contributed by atoms with Gasteiger partial charge in [-0.25, -0.2) is 0 Å². The van der Waals surface area contributed by atoms with Crippen LogP contribution >= 0.6 is 0 Å². The third-order valence-corrected chi connectivity index (χ3v) is 1.66. The summed E-state index contributed by atoms with van der Waals surface area (Å²) in [6.07, 6.45) is 3.60. The van der Waals surface area contributed by atoms with E-state index in [1.807, 2.05) is 26.1 Å². The molecule has 1 rings (SSSR count). The summed E-state index contributed by atoms with van der Waals surface area (Å²) in [7, 11) is 1.90. The van der Waals surface area contributed by atoms with Crippen LogP contribution < -0.4 is 5.32 Å². The summed E-state index contributed by atoms with van der Waals surface area (Å²) in [4.78, 5) is 0. The predicted octanol–water partition coefficient (Wildman–Crippen LogP) is 2.03. The summed E-state index contributed by atoms with van der Waals surface area (Å²) in [5.41, 5.74) is 1.13. The third kappa shape index (κ3) is 1.71. The van der Waals surface area contributed by atoms with E-state index < -0.39 is 0 Å². The van der Waals surface area contributed by atoms with Crippen molar-refractivity contribution in [3.63, 3.8) is 0 Å². The van der Waals surface area contributed by atoms with Gasteiger partial charge in [0, 0.05) is 5.56 Å². The van der Waals surface area contributed by atoms with Crippen LogP contribution in [0, 0.1) is 6.92 Å². The van der Waals surface area contributed by atoms with Crippen molar-refractivity contribution in [1.82, 2.24) is 5.32 Å².